The number of aryl methyl sites for hydroxylation is 1. The van der Waals surface area contributed by atoms with Gasteiger partial charge in [-0.3, -0.25) is 4.98 Å². The molecule has 1 aromatic heterocycles. The van der Waals surface area contributed by atoms with Crippen LogP contribution in [0.2, 0.25) is 0 Å². The van der Waals surface area contributed by atoms with Crippen molar-refractivity contribution in [1.82, 2.24) is 4.98 Å². The highest BCUT2D eigenvalue weighted by Crippen LogP contribution is 2.17. The Morgan fingerprint density at radius 1 is 1.26 bits per heavy atom. The van der Waals surface area contributed by atoms with E-state index < -0.39 is 0 Å². The molecule has 1 atom stereocenters. The molecule has 0 aliphatic heterocycles. The summed E-state index contributed by atoms with van der Waals surface area (Å²) in [5.74, 6) is -0.206. The van der Waals surface area contributed by atoms with E-state index in [1.54, 1.807) is 12.3 Å². The summed E-state index contributed by atoms with van der Waals surface area (Å²) in [7, 11) is 0. The molecule has 1 heterocycles. The molecule has 4 heteroatoms. The van der Waals surface area contributed by atoms with Gasteiger partial charge in [0.25, 0.3) is 0 Å². The Labute approximate surface area is 121 Å². The molecule has 0 saturated heterocycles. The van der Waals surface area contributed by atoms with Crippen molar-refractivity contribution >= 4 is 15.9 Å². The Bertz CT molecular complexity index is 531. The van der Waals surface area contributed by atoms with Gasteiger partial charge in [0.2, 0.25) is 0 Å². The minimum Gasteiger partial charge on any atom is -0.327 e. The Morgan fingerprint density at radius 3 is 2.79 bits per heavy atom. The zero-order valence-corrected chi connectivity index (χ0v) is 12.1. The van der Waals surface area contributed by atoms with Gasteiger partial charge >= 0.3 is 0 Å². The van der Waals surface area contributed by atoms with Crippen molar-refractivity contribution in [2.45, 2.75) is 25.3 Å². The first-order valence-corrected chi connectivity index (χ1v) is 7.04. The van der Waals surface area contributed by atoms with Crippen molar-refractivity contribution in [2.75, 3.05) is 0 Å². The molecule has 2 rings (SSSR count). The third-order valence-corrected chi connectivity index (χ3v) is 3.49. The first kappa shape index (κ1) is 14.2. The standard InChI is InChI=1S/C15H16BrFN2/c16-12-5-4-11(15(17)10-12)9-13(18)6-7-14-3-1-2-8-19-14/h1-5,8,10,13H,6-7,9,18H2. The van der Waals surface area contributed by atoms with Crippen LogP contribution in [-0.4, -0.2) is 11.0 Å². The molecule has 0 radical (unpaired) electrons. The van der Waals surface area contributed by atoms with Crippen LogP contribution in [0.25, 0.3) is 0 Å². The zero-order chi connectivity index (χ0) is 13.7. The number of nitrogens with zero attached hydrogens (tertiary/aromatic N) is 1. The molecule has 1 aromatic carbocycles. The number of nitrogens with two attached hydrogens (primary N) is 1. The van der Waals surface area contributed by atoms with E-state index in [0.29, 0.717) is 12.0 Å². The van der Waals surface area contributed by atoms with E-state index in [-0.39, 0.29) is 11.9 Å². The third-order valence-electron chi connectivity index (χ3n) is 2.99. The maximum Gasteiger partial charge on any atom is 0.127 e. The van der Waals surface area contributed by atoms with Gasteiger partial charge in [0.1, 0.15) is 5.82 Å². The van der Waals surface area contributed by atoms with Gasteiger partial charge in [-0.05, 0) is 49.1 Å². The third kappa shape index (κ3) is 4.40. The van der Waals surface area contributed by atoms with E-state index in [1.807, 2.05) is 24.3 Å². The van der Waals surface area contributed by atoms with Crippen LogP contribution in [0.15, 0.2) is 47.1 Å². The van der Waals surface area contributed by atoms with E-state index in [1.165, 1.54) is 6.07 Å². The SMILES string of the molecule is NC(CCc1ccccn1)Cc1ccc(Br)cc1F. The fourth-order valence-electron chi connectivity index (χ4n) is 1.95. The predicted octanol–water partition coefficient (Wildman–Crippen LogP) is 3.49. The Kier molecular flexibility index (Phi) is 5.05. The van der Waals surface area contributed by atoms with Crippen LogP contribution in [0, 0.1) is 5.82 Å². The molecular weight excluding hydrogens is 307 g/mol. The van der Waals surface area contributed by atoms with Crippen LogP contribution in [0.1, 0.15) is 17.7 Å². The summed E-state index contributed by atoms with van der Waals surface area (Å²) < 4.78 is 14.4. The lowest BCUT2D eigenvalue weighted by molar-refractivity contribution is 0.563. The largest absolute Gasteiger partial charge is 0.327 e. The second-order valence-corrected chi connectivity index (χ2v) is 5.48. The molecule has 0 aliphatic carbocycles. The average molecular weight is 323 g/mol. The van der Waals surface area contributed by atoms with Crippen LogP contribution in [0.3, 0.4) is 0 Å². The highest BCUT2D eigenvalue weighted by atomic mass is 79.9. The number of hydrogen-bond acceptors (Lipinski definition) is 2. The summed E-state index contributed by atoms with van der Waals surface area (Å²) in [6.07, 6.45) is 3.94. The van der Waals surface area contributed by atoms with E-state index in [0.717, 1.165) is 23.0 Å². The van der Waals surface area contributed by atoms with Gasteiger partial charge in [0, 0.05) is 22.4 Å². The van der Waals surface area contributed by atoms with Crippen molar-refractivity contribution in [3.8, 4) is 0 Å². The molecular formula is C15H16BrFN2. The highest BCUT2D eigenvalue weighted by Gasteiger charge is 2.09. The lowest BCUT2D eigenvalue weighted by atomic mass is 10.0. The Balaban J connectivity index is 1.89. The monoisotopic (exact) mass is 322 g/mol. The molecule has 0 spiro atoms. The minimum atomic E-state index is -0.206. The van der Waals surface area contributed by atoms with E-state index >= 15 is 0 Å². The molecule has 0 bridgehead atoms. The van der Waals surface area contributed by atoms with Crippen molar-refractivity contribution in [2.24, 2.45) is 5.73 Å². The number of pyridine rings is 1. The molecule has 0 amide bonds. The second kappa shape index (κ2) is 6.78. The lowest BCUT2D eigenvalue weighted by Crippen LogP contribution is -2.24. The molecule has 19 heavy (non-hydrogen) atoms. The van der Waals surface area contributed by atoms with Gasteiger partial charge < -0.3 is 5.73 Å². The average Bonchev–Trinajstić information content (AvgIpc) is 2.41. The Morgan fingerprint density at radius 2 is 2.11 bits per heavy atom. The normalized spacial score (nSPS) is 12.4. The summed E-state index contributed by atoms with van der Waals surface area (Å²) in [5.41, 5.74) is 7.74. The van der Waals surface area contributed by atoms with E-state index in [9.17, 15) is 4.39 Å². The summed E-state index contributed by atoms with van der Waals surface area (Å²) in [5, 5.41) is 0. The second-order valence-electron chi connectivity index (χ2n) is 4.56. The van der Waals surface area contributed by atoms with E-state index in [4.69, 9.17) is 5.73 Å². The smallest absolute Gasteiger partial charge is 0.127 e. The highest BCUT2D eigenvalue weighted by molar-refractivity contribution is 9.10. The van der Waals surface area contributed by atoms with Gasteiger partial charge in [-0.2, -0.15) is 0 Å². The summed E-state index contributed by atoms with van der Waals surface area (Å²) in [6, 6.07) is 10.9. The molecule has 0 fully saturated rings. The molecule has 100 valence electrons. The quantitative estimate of drug-likeness (QED) is 0.915. The number of rotatable bonds is 5. The van der Waals surface area contributed by atoms with Gasteiger partial charge in [0.05, 0.1) is 0 Å². The molecule has 0 aliphatic rings. The Hall–Kier alpha value is -1.26. The maximum atomic E-state index is 13.7. The minimum absolute atomic E-state index is 0.0577. The van der Waals surface area contributed by atoms with Gasteiger partial charge in [-0.1, -0.05) is 28.1 Å². The van der Waals surface area contributed by atoms with Crippen molar-refractivity contribution < 1.29 is 4.39 Å². The van der Waals surface area contributed by atoms with Gasteiger partial charge in [-0.25, -0.2) is 4.39 Å². The van der Waals surface area contributed by atoms with Gasteiger partial charge in [-0.15, -0.1) is 0 Å². The van der Waals surface area contributed by atoms with Crippen LogP contribution >= 0.6 is 15.9 Å². The van der Waals surface area contributed by atoms with E-state index in [2.05, 4.69) is 20.9 Å². The molecule has 2 N–H and O–H groups in total. The summed E-state index contributed by atoms with van der Waals surface area (Å²) >= 11 is 3.24. The van der Waals surface area contributed by atoms with Crippen LogP contribution in [0.5, 0.6) is 0 Å². The number of benzene rings is 1. The molecule has 0 saturated carbocycles. The maximum absolute atomic E-state index is 13.7. The van der Waals surface area contributed by atoms with Crippen LogP contribution in [0.4, 0.5) is 4.39 Å². The topological polar surface area (TPSA) is 38.9 Å². The summed E-state index contributed by atoms with van der Waals surface area (Å²) in [4.78, 5) is 4.25. The number of hydrogen-bond donors (Lipinski definition) is 1. The fraction of sp³-hybridized carbons (Fsp3) is 0.267. The first-order chi connectivity index (χ1) is 9.15. The molecule has 2 aromatic rings. The summed E-state index contributed by atoms with van der Waals surface area (Å²) in [6.45, 7) is 0. The number of aromatic nitrogens is 1. The van der Waals surface area contributed by atoms with Crippen LogP contribution in [-0.2, 0) is 12.8 Å². The first-order valence-electron chi connectivity index (χ1n) is 6.24. The van der Waals surface area contributed by atoms with Crippen molar-refractivity contribution in [3.05, 3.63) is 64.1 Å². The fourth-order valence-corrected chi connectivity index (χ4v) is 2.28. The molecule has 1 unspecified atom stereocenters. The van der Waals surface area contributed by atoms with Gasteiger partial charge in [0.15, 0.2) is 0 Å². The van der Waals surface area contributed by atoms with Crippen molar-refractivity contribution in [1.29, 1.82) is 0 Å². The van der Waals surface area contributed by atoms with Crippen molar-refractivity contribution in [3.63, 3.8) is 0 Å². The van der Waals surface area contributed by atoms with Crippen LogP contribution < -0.4 is 5.73 Å². The number of halogens is 2. The zero-order valence-electron chi connectivity index (χ0n) is 10.5. The predicted molar refractivity (Wildman–Crippen MR) is 78.3 cm³/mol. The molecule has 2 nitrogen and oxygen atoms in total. The lowest BCUT2D eigenvalue weighted by Gasteiger charge is -2.12.